The van der Waals surface area contributed by atoms with Crippen LogP contribution in [0.15, 0.2) is 0 Å². The molecule has 92 valence electrons. The topological polar surface area (TPSA) is 86.9 Å². The van der Waals surface area contributed by atoms with E-state index in [0.29, 0.717) is 13.2 Å². The average molecular weight is 241 g/mol. The van der Waals surface area contributed by atoms with Crippen LogP contribution in [0.1, 0.15) is 21.0 Å². The highest BCUT2D eigenvalue weighted by Gasteiger charge is 2.31. The van der Waals surface area contributed by atoms with Gasteiger partial charge in [0.1, 0.15) is 13.2 Å². The predicted octanol–water partition coefficient (Wildman–Crippen LogP) is 0.359. The minimum atomic E-state index is -0.637. The summed E-state index contributed by atoms with van der Waals surface area (Å²) in [6, 6.07) is 0. The summed E-state index contributed by atoms with van der Waals surface area (Å²) in [6.07, 6.45) is 0. The average Bonchev–Trinajstić information content (AvgIpc) is 2.76. The molecule has 0 radical (unpaired) electrons. The number of nitrogens with one attached hydrogen (secondary N) is 1. The van der Waals surface area contributed by atoms with E-state index in [9.17, 15) is 9.59 Å². The molecule has 0 saturated heterocycles. The van der Waals surface area contributed by atoms with Crippen molar-refractivity contribution in [3.63, 3.8) is 0 Å². The second-order valence-electron chi connectivity index (χ2n) is 3.21. The van der Waals surface area contributed by atoms with Crippen LogP contribution in [-0.2, 0) is 9.47 Å². The third-order valence-corrected chi connectivity index (χ3v) is 2.27. The summed E-state index contributed by atoms with van der Waals surface area (Å²) >= 11 is 0. The van der Waals surface area contributed by atoms with Crippen molar-refractivity contribution < 1.29 is 28.5 Å². The van der Waals surface area contributed by atoms with Crippen molar-refractivity contribution in [2.75, 3.05) is 27.4 Å². The molecule has 0 aromatic carbocycles. The largest absolute Gasteiger partial charge is 0.484 e. The maximum absolute atomic E-state index is 11.5. The molecule has 2 rings (SSSR count). The van der Waals surface area contributed by atoms with Gasteiger partial charge < -0.3 is 23.9 Å². The molecule has 2 heterocycles. The van der Waals surface area contributed by atoms with Crippen molar-refractivity contribution in [2.45, 2.75) is 0 Å². The first kappa shape index (κ1) is 11.3. The molecular weight excluding hydrogens is 230 g/mol. The summed E-state index contributed by atoms with van der Waals surface area (Å²) in [7, 11) is 2.47. The van der Waals surface area contributed by atoms with Crippen molar-refractivity contribution >= 4 is 11.9 Å². The van der Waals surface area contributed by atoms with Crippen LogP contribution in [0.3, 0.4) is 0 Å². The molecule has 0 saturated carbocycles. The molecule has 0 aliphatic carbocycles. The molecular formula is C10H11NO6. The van der Waals surface area contributed by atoms with Gasteiger partial charge in [-0.15, -0.1) is 0 Å². The van der Waals surface area contributed by atoms with E-state index in [4.69, 9.17) is 9.47 Å². The van der Waals surface area contributed by atoms with Gasteiger partial charge in [0.15, 0.2) is 22.9 Å². The Labute approximate surface area is 96.6 Å². The maximum atomic E-state index is 11.5. The normalized spacial score (nSPS) is 13.1. The number of methoxy groups -OCH3 is 2. The molecule has 1 aromatic rings. The Morgan fingerprint density at radius 2 is 1.41 bits per heavy atom. The molecule has 1 aliphatic rings. The number of carbonyl (C=O) groups excluding carboxylic acids is 2. The second-order valence-corrected chi connectivity index (χ2v) is 3.21. The zero-order valence-corrected chi connectivity index (χ0v) is 9.36. The molecule has 7 nitrogen and oxygen atoms in total. The molecule has 0 amide bonds. The zero-order valence-electron chi connectivity index (χ0n) is 9.36. The number of carbonyl (C=O) groups is 2. The van der Waals surface area contributed by atoms with Crippen LogP contribution in [0, 0.1) is 0 Å². The third-order valence-electron chi connectivity index (χ3n) is 2.27. The smallest absolute Gasteiger partial charge is 0.358 e. The van der Waals surface area contributed by atoms with Gasteiger partial charge in [0, 0.05) is 0 Å². The van der Waals surface area contributed by atoms with Crippen molar-refractivity contribution in [1.29, 1.82) is 0 Å². The molecule has 0 atom stereocenters. The van der Waals surface area contributed by atoms with Crippen LogP contribution < -0.4 is 9.47 Å². The molecule has 0 unspecified atom stereocenters. The van der Waals surface area contributed by atoms with Gasteiger partial charge in [0.2, 0.25) is 0 Å². The number of aromatic nitrogens is 1. The van der Waals surface area contributed by atoms with Gasteiger partial charge in [-0.3, -0.25) is 0 Å². The van der Waals surface area contributed by atoms with Gasteiger partial charge in [-0.2, -0.15) is 0 Å². The van der Waals surface area contributed by atoms with Crippen LogP contribution >= 0.6 is 0 Å². The van der Waals surface area contributed by atoms with Gasteiger partial charge in [0.25, 0.3) is 0 Å². The summed E-state index contributed by atoms with van der Waals surface area (Å²) in [6.45, 7) is 0.602. The lowest BCUT2D eigenvalue weighted by Gasteiger charge is -2.15. The van der Waals surface area contributed by atoms with Crippen molar-refractivity contribution in [3.8, 4) is 11.5 Å². The summed E-state index contributed by atoms with van der Waals surface area (Å²) in [5, 5.41) is 0. The lowest BCUT2D eigenvalue weighted by atomic mass is 10.3. The number of fused-ring (bicyclic) bond motifs is 1. The number of esters is 2. The SMILES string of the molecule is COC(=O)c1[nH]c(C(=O)OC)c2c1OCCO2. The Morgan fingerprint density at radius 1 is 1.00 bits per heavy atom. The molecule has 0 spiro atoms. The first-order chi connectivity index (χ1) is 8.19. The van der Waals surface area contributed by atoms with E-state index in [1.807, 2.05) is 0 Å². The molecule has 7 heteroatoms. The van der Waals surface area contributed by atoms with Crippen LogP contribution in [0.4, 0.5) is 0 Å². The number of rotatable bonds is 2. The maximum Gasteiger partial charge on any atom is 0.358 e. The second kappa shape index (κ2) is 4.36. The molecule has 1 aliphatic heterocycles. The first-order valence-corrected chi connectivity index (χ1v) is 4.87. The number of hydrogen-bond acceptors (Lipinski definition) is 6. The van der Waals surface area contributed by atoms with E-state index in [-0.39, 0.29) is 22.9 Å². The fourth-order valence-electron chi connectivity index (χ4n) is 1.52. The fraction of sp³-hybridized carbons (Fsp3) is 0.400. The highest BCUT2D eigenvalue weighted by molar-refractivity contribution is 5.99. The van der Waals surface area contributed by atoms with E-state index < -0.39 is 11.9 Å². The predicted molar refractivity (Wildman–Crippen MR) is 54.5 cm³/mol. The van der Waals surface area contributed by atoms with Crippen LogP contribution in [0.2, 0.25) is 0 Å². The number of ether oxygens (including phenoxy) is 4. The number of aromatic amines is 1. The molecule has 0 bridgehead atoms. The minimum absolute atomic E-state index is 0.0441. The van der Waals surface area contributed by atoms with Gasteiger partial charge in [0.05, 0.1) is 14.2 Å². The fourth-order valence-corrected chi connectivity index (χ4v) is 1.52. The van der Waals surface area contributed by atoms with Crippen LogP contribution in [0.25, 0.3) is 0 Å². The van der Waals surface area contributed by atoms with Gasteiger partial charge in [-0.1, -0.05) is 0 Å². The summed E-state index contributed by atoms with van der Waals surface area (Å²) in [4.78, 5) is 25.5. The van der Waals surface area contributed by atoms with E-state index in [1.165, 1.54) is 14.2 Å². The highest BCUT2D eigenvalue weighted by atomic mass is 16.6. The Kier molecular flexibility index (Phi) is 2.90. The quantitative estimate of drug-likeness (QED) is 0.752. The highest BCUT2D eigenvalue weighted by Crippen LogP contribution is 2.38. The van der Waals surface area contributed by atoms with Crippen molar-refractivity contribution in [3.05, 3.63) is 11.4 Å². The summed E-state index contributed by atoms with van der Waals surface area (Å²) in [5.74, 6) is -0.907. The van der Waals surface area contributed by atoms with E-state index in [0.717, 1.165) is 0 Å². The molecule has 0 fully saturated rings. The third kappa shape index (κ3) is 1.79. The minimum Gasteiger partial charge on any atom is -0.484 e. The van der Waals surface area contributed by atoms with E-state index >= 15 is 0 Å². The molecule has 17 heavy (non-hydrogen) atoms. The lowest BCUT2D eigenvalue weighted by molar-refractivity contribution is 0.0583. The van der Waals surface area contributed by atoms with Crippen molar-refractivity contribution in [1.82, 2.24) is 4.98 Å². The van der Waals surface area contributed by atoms with Gasteiger partial charge in [-0.05, 0) is 0 Å². The molecule has 1 aromatic heterocycles. The van der Waals surface area contributed by atoms with E-state index in [2.05, 4.69) is 14.5 Å². The lowest BCUT2D eigenvalue weighted by Crippen LogP contribution is -2.17. The summed E-state index contributed by atoms with van der Waals surface area (Å²) in [5.41, 5.74) is 0.0881. The first-order valence-electron chi connectivity index (χ1n) is 4.87. The zero-order chi connectivity index (χ0) is 12.4. The Balaban J connectivity index is 2.51. The standard InChI is InChI=1S/C10H11NO6/c1-14-9(12)5-7-8(17-4-3-16-7)6(11-5)10(13)15-2/h11H,3-4H2,1-2H3. The van der Waals surface area contributed by atoms with Crippen LogP contribution in [-0.4, -0.2) is 44.4 Å². The van der Waals surface area contributed by atoms with E-state index in [1.54, 1.807) is 0 Å². The Hall–Kier alpha value is -2.18. The van der Waals surface area contributed by atoms with Gasteiger partial charge in [-0.25, -0.2) is 9.59 Å². The van der Waals surface area contributed by atoms with Crippen LogP contribution in [0.5, 0.6) is 11.5 Å². The van der Waals surface area contributed by atoms with Crippen molar-refractivity contribution in [2.24, 2.45) is 0 Å². The monoisotopic (exact) mass is 241 g/mol. The number of hydrogen-bond donors (Lipinski definition) is 1. The summed E-state index contributed by atoms with van der Waals surface area (Å²) < 4.78 is 19.7. The Bertz CT molecular complexity index is 423. The Morgan fingerprint density at radius 3 is 1.76 bits per heavy atom. The molecule has 1 N–H and O–H groups in total. The van der Waals surface area contributed by atoms with Gasteiger partial charge >= 0.3 is 11.9 Å². The number of H-pyrrole nitrogens is 1.